The molecule has 232 valence electrons. The van der Waals surface area contributed by atoms with Gasteiger partial charge in [0.05, 0.1) is 5.56 Å². The molecule has 4 rings (SSSR count). The number of nitrogens with one attached hydrogen (secondary N) is 1. The van der Waals surface area contributed by atoms with E-state index in [0.717, 1.165) is 50.2 Å². The van der Waals surface area contributed by atoms with Crippen molar-refractivity contribution >= 4 is 24.3 Å². The van der Waals surface area contributed by atoms with Crippen molar-refractivity contribution in [3.8, 4) is 0 Å². The number of nitrogens with zero attached hydrogens (tertiary/aromatic N) is 6. The summed E-state index contributed by atoms with van der Waals surface area (Å²) in [6, 6.07) is 6.33. The van der Waals surface area contributed by atoms with Gasteiger partial charge in [-0.1, -0.05) is 13.8 Å². The number of halogens is 3. The molecule has 12 heteroatoms. The number of hydrogen-bond acceptors (Lipinski definition) is 7. The number of alkyl halides is 3. The molecular formula is C31H40F3N7O2. The Morgan fingerprint density at radius 2 is 1.98 bits per heavy atom. The Bertz CT molecular complexity index is 1410. The first kappa shape index (κ1) is 32.1. The quantitative estimate of drug-likeness (QED) is 0.267. The van der Waals surface area contributed by atoms with Gasteiger partial charge >= 0.3 is 6.18 Å². The highest BCUT2D eigenvalue weighted by Crippen LogP contribution is 2.36. The van der Waals surface area contributed by atoms with E-state index in [-0.39, 0.29) is 23.6 Å². The zero-order valence-electron chi connectivity index (χ0n) is 25.2. The van der Waals surface area contributed by atoms with E-state index in [2.05, 4.69) is 39.2 Å². The first-order chi connectivity index (χ1) is 20.5. The first-order valence-corrected chi connectivity index (χ1v) is 14.6. The maximum atomic E-state index is 14.4. The number of benzene rings is 1. The molecule has 0 radical (unpaired) electrons. The molecule has 2 atom stereocenters. The minimum atomic E-state index is -4.64. The van der Waals surface area contributed by atoms with Gasteiger partial charge in [0.1, 0.15) is 30.1 Å². The molecule has 0 unspecified atom stereocenters. The molecule has 0 bridgehead atoms. The summed E-state index contributed by atoms with van der Waals surface area (Å²) in [7, 11) is 3.53. The summed E-state index contributed by atoms with van der Waals surface area (Å²) in [6.07, 6.45) is 2.39. The third kappa shape index (κ3) is 8.62. The number of carbonyl (C=O) groups is 2. The number of carbonyl (C=O) groups excluding carboxylic acids is 2. The number of rotatable bonds is 13. The zero-order chi connectivity index (χ0) is 31.1. The van der Waals surface area contributed by atoms with Crippen LogP contribution in [0.15, 0.2) is 30.6 Å². The van der Waals surface area contributed by atoms with Crippen LogP contribution in [0.2, 0.25) is 0 Å². The Balaban J connectivity index is 1.57. The lowest BCUT2D eigenvalue weighted by Crippen LogP contribution is -2.34. The number of piperidine rings is 1. The highest BCUT2D eigenvalue weighted by atomic mass is 19.4. The van der Waals surface area contributed by atoms with Gasteiger partial charge in [-0.3, -0.25) is 14.5 Å². The lowest BCUT2D eigenvalue weighted by molar-refractivity contribution is -0.138. The lowest BCUT2D eigenvalue weighted by Gasteiger charge is -2.31. The van der Waals surface area contributed by atoms with Crippen LogP contribution in [0.3, 0.4) is 0 Å². The van der Waals surface area contributed by atoms with Crippen LogP contribution in [0.4, 0.5) is 24.8 Å². The molecular weight excluding hydrogens is 559 g/mol. The third-order valence-corrected chi connectivity index (χ3v) is 8.04. The fraction of sp³-hybridized carbons (Fsp3) is 0.516. The van der Waals surface area contributed by atoms with E-state index in [1.807, 2.05) is 17.7 Å². The van der Waals surface area contributed by atoms with Gasteiger partial charge in [-0.25, -0.2) is 4.98 Å². The summed E-state index contributed by atoms with van der Waals surface area (Å²) in [6.45, 7) is 6.06. The fourth-order valence-corrected chi connectivity index (χ4v) is 5.82. The van der Waals surface area contributed by atoms with Crippen LogP contribution in [0, 0.1) is 11.8 Å². The van der Waals surface area contributed by atoms with Crippen LogP contribution < -0.4 is 10.2 Å². The molecule has 1 saturated heterocycles. The molecule has 1 aliphatic rings. The van der Waals surface area contributed by atoms with Gasteiger partial charge < -0.3 is 14.8 Å². The second-order valence-corrected chi connectivity index (χ2v) is 11.9. The third-order valence-electron chi connectivity index (χ3n) is 8.04. The Kier molecular flexibility index (Phi) is 10.5. The molecule has 3 heterocycles. The summed E-state index contributed by atoms with van der Waals surface area (Å²) < 4.78 is 45.0. The predicted molar refractivity (Wildman–Crippen MR) is 159 cm³/mol. The molecule has 2 aromatic heterocycles. The minimum Gasteiger partial charge on any atom is -0.355 e. The van der Waals surface area contributed by atoms with Crippen molar-refractivity contribution < 1.29 is 22.8 Å². The van der Waals surface area contributed by atoms with E-state index in [1.165, 1.54) is 6.07 Å². The number of anilines is 2. The van der Waals surface area contributed by atoms with Gasteiger partial charge in [0.2, 0.25) is 6.41 Å². The van der Waals surface area contributed by atoms with Crippen molar-refractivity contribution in [3.63, 3.8) is 0 Å². The maximum Gasteiger partial charge on any atom is 0.416 e. The van der Waals surface area contributed by atoms with Crippen molar-refractivity contribution in [1.82, 2.24) is 24.6 Å². The summed E-state index contributed by atoms with van der Waals surface area (Å²) in [5, 5.41) is 10.6. The first-order valence-electron chi connectivity index (χ1n) is 14.6. The summed E-state index contributed by atoms with van der Waals surface area (Å²) in [4.78, 5) is 31.5. The highest BCUT2D eigenvalue weighted by Gasteiger charge is 2.35. The van der Waals surface area contributed by atoms with Crippen LogP contribution in [0.25, 0.3) is 0 Å². The van der Waals surface area contributed by atoms with Gasteiger partial charge in [0.25, 0.3) is 0 Å². The average molecular weight is 600 g/mol. The van der Waals surface area contributed by atoms with E-state index in [1.54, 1.807) is 30.4 Å². The molecule has 9 nitrogen and oxygen atoms in total. The number of pyridine rings is 1. The Morgan fingerprint density at radius 1 is 1.19 bits per heavy atom. The van der Waals surface area contributed by atoms with Crippen LogP contribution in [0.5, 0.6) is 0 Å². The molecule has 0 spiro atoms. The lowest BCUT2D eigenvalue weighted by atomic mass is 9.95. The molecule has 43 heavy (non-hydrogen) atoms. The number of aromatic nitrogens is 4. The SMILES string of the molecule is C[C@@H](CCc1nncn1C)Cc1cc(NC=O)nc(N(C)Cc2c(C=O)cc(CN3CCC[C@H](C)C3)cc2C(F)(F)F)c1. The highest BCUT2D eigenvalue weighted by molar-refractivity contribution is 5.79. The molecule has 1 fully saturated rings. The average Bonchev–Trinajstić information content (AvgIpc) is 3.36. The van der Waals surface area contributed by atoms with Crippen molar-refractivity contribution in [3.05, 3.63) is 64.2 Å². The number of likely N-dealkylation sites (tertiary alicyclic amines) is 1. The standard InChI is InChI=1S/C31H40F3N7O2/c1-21(7-8-29-38-36-19-40(29)4)10-23-13-28(35-20-43)37-30(14-23)39(3)17-26-25(18-42)11-24(12-27(26)31(32,33)34)16-41-9-5-6-22(2)15-41/h11-14,18-22H,5-10,15-17H2,1-4H3,(H,35,37,43)/t21-,22-/m0/s1. The maximum absolute atomic E-state index is 14.4. The van der Waals surface area contributed by atoms with Crippen LogP contribution in [0.1, 0.15) is 71.5 Å². The van der Waals surface area contributed by atoms with E-state index in [4.69, 9.17) is 0 Å². The number of amides is 1. The van der Waals surface area contributed by atoms with Gasteiger partial charge in [-0.15, -0.1) is 10.2 Å². The number of aryl methyl sites for hydroxylation is 2. The fourth-order valence-electron chi connectivity index (χ4n) is 5.82. The topological polar surface area (TPSA) is 96.2 Å². The summed E-state index contributed by atoms with van der Waals surface area (Å²) in [5.74, 6) is 2.30. The Hall–Kier alpha value is -3.80. The van der Waals surface area contributed by atoms with Crippen molar-refractivity contribution in [2.75, 3.05) is 30.4 Å². The van der Waals surface area contributed by atoms with Crippen molar-refractivity contribution in [2.24, 2.45) is 18.9 Å². The minimum absolute atomic E-state index is 0.0153. The normalized spacial score (nSPS) is 16.6. The smallest absolute Gasteiger partial charge is 0.355 e. The van der Waals surface area contributed by atoms with Crippen molar-refractivity contribution in [2.45, 2.75) is 65.2 Å². The largest absolute Gasteiger partial charge is 0.416 e. The number of aldehydes is 1. The Morgan fingerprint density at radius 3 is 2.63 bits per heavy atom. The van der Waals surface area contributed by atoms with Gasteiger partial charge in [0, 0.05) is 45.7 Å². The van der Waals surface area contributed by atoms with E-state index >= 15 is 0 Å². The molecule has 1 amide bonds. The molecule has 1 aliphatic heterocycles. The van der Waals surface area contributed by atoms with Crippen LogP contribution in [-0.2, 0) is 43.9 Å². The van der Waals surface area contributed by atoms with Crippen molar-refractivity contribution in [1.29, 1.82) is 0 Å². The molecule has 3 aromatic rings. The second kappa shape index (κ2) is 14.1. The zero-order valence-corrected chi connectivity index (χ0v) is 25.2. The molecule has 1 aromatic carbocycles. The summed E-state index contributed by atoms with van der Waals surface area (Å²) in [5.41, 5.74) is 0.451. The summed E-state index contributed by atoms with van der Waals surface area (Å²) >= 11 is 0. The second-order valence-electron chi connectivity index (χ2n) is 11.9. The van der Waals surface area contributed by atoms with E-state index < -0.39 is 11.7 Å². The predicted octanol–water partition coefficient (Wildman–Crippen LogP) is 5.29. The van der Waals surface area contributed by atoms with Gasteiger partial charge in [-0.2, -0.15) is 13.2 Å². The number of hydrogen-bond donors (Lipinski definition) is 1. The van der Waals surface area contributed by atoms with Gasteiger partial charge in [0.15, 0.2) is 0 Å². The molecule has 1 N–H and O–H groups in total. The monoisotopic (exact) mass is 599 g/mol. The van der Waals surface area contributed by atoms with E-state index in [0.29, 0.717) is 48.8 Å². The molecule has 0 aliphatic carbocycles. The molecule has 0 saturated carbocycles. The Labute approximate surface area is 250 Å². The van der Waals surface area contributed by atoms with E-state index in [9.17, 15) is 22.8 Å². The van der Waals surface area contributed by atoms with Gasteiger partial charge in [-0.05, 0) is 85.0 Å². The van der Waals surface area contributed by atoms with Crippen LogP contribution >= 0.6 is 0 Å². The van der Waals surface area contributed by atoms with Crippen LogP contribution in [-0.4, -0.2) is 57.5 Å².